The molecule has 0 spiro atoms. The number of ether oxygens (including phenoxy) is 1. The van der Waals surface area contributed by atoms with Gasteiger partial charge in [-0.3, -0.25) is 9.59 Å². The molecule has 7 nitrogen and oxygen atoms in total. The Morgan fingerprint density at radius 2 is 2.28 bits per heavy atom. The van der Waals surface area contributed by atoms with Crippen LogP contribution in [-0.2, 0) is 9.53 Å². The molecule has 0 saturated carbocycles. The van der Waals surface area contributed by atoms with E-state index in [4.69, 9.17) is 4.74 Å². The number of nitrogens with one attached hydrogen (secondary N) is 1. The van der Waals surface area contributed by atoms with E-state index in [-0.39, 0.29) is 23.6 Å². The van der Waals surface area contributed by atoms with E-state index in [2.05, 4.69) is 15.5 Å². The minimum absolute atomic E-state index is 0.0161. The maximum Gasteiger partial charge on any atom is 0.286 e. The van der Waals surface area contributed by atoms with Crippen molar-refractivity contribution in [2.45, 2.75) is 18.9 Å². The average molecular weight is 364 g/mol. The number of hydrogen-bond acceptors (Lipinski definition) is 6. The van der Waals surface area contributed by atoms with Crippen LogP contribution in [-0.4, -0.2) is 47.2 Å². The highest BCUT2D eigenvalue weighted by molar-refractivity contribution is 7.13. The normalized spacial score (nSPS) is 16.9. The van der Waals surface area contributed by atoms with E-state index in [0.717, 1.165) is 24.2 Å². The topological polar surface area (TPSA) is 84.4 Å². The Balaban J connectivity index is 1.71. The van der Waals surface area contributed by atoms with Gasteiger partial charge >= 0.3 is 0 Å². The highest BCUT2D eigenvalue weighted by atomic mass is 32.1. The zero-order chi connectivity index (χ0) is 17.8. The first-order chi connectivity index (χ1) is 12.1. The van der Waals surface area contributed by atoms with E-state index in [1.54, 1.807) is 11.0 Å². The van der Waals surface area contributed by atoms with Crippen LogP contribution in [0.15, 0.2) is 24.3 Å². The SMILES string of the molecule is COCC(=O)N1CCCC1c1nnc(C(=O)Nc2cccc(F)c2)s1. The maximum atomic E-state index is 13.2. The number of rotatable bonds is 5. The van der Waals surface area contributed by atoms with Crippen molar-refractivity contribution in [2.24, 2.45) is 0 Å². The molecule has 2 aromatic rings. The van der Waals surface area contributed by atoms with Gasteiger partial charge in [0.05, 0.1) is 6.04 Å². The first kappa shape index (κ1) is 17.4. The third-order valence-corrected chi connectivity index (χ3v) is 4.87. The Labute approximate surface area is 147 Å². The van der Waals surface area contributed by atoms with E-state index >= 15 is 0 Å². The van der Waals surface area contributed by atoms with Crippen molar-refractivity contribution in [1.82, 2.24) is 15.1 Å². The molecule has 1 N–H and O–H groups in total. The number of carbonyl (C=O) groups excluding carboxylic acids is 2. The first-order valence-corrected chi connectivity index (χ1v) is 8.59. The van der Waals surface area contributed by atoms with Crippen molar-refractivity contribution < 1.29 is 18.7 Å². The van der Waals surface area contributed by atoms with Gasteiger partial charge in [-0.05, 0) is 31.0 Å². The molecule has 1 fully saturated rings. The minimum atomic E-state index is -0.456. The molecule has 25 heavy (non-hydrogen) atoms. The van der Waals surface area contributed by atoms with Gasteiger partial charge in [0.2, 0.25) is 10.9 Å². The summed E-state index contributed by atoms with van der Waals surface area (Å²) in [4.78, 5) is 26.0. The lowest BCUT2D eigenvalue weighted by molar-refractivity contribution is -0.136. The van der Waals surface area contributed by atoms with E-state index in [1.807, 2.05) is 0 Å². The molecule has 1 atom stereocenters. The lowest BCUT2D eigenvalue weighted by Gasteiger charge is -2.22. The van der Waals surface area contributed by atoms with Crippen LogP contribution in [0.1, 0.15) is 33.7 Å². The van der Waals surface area contributed by atoms with Gasteiger partial charge in [0, 0.05) is 19.3 Å². The van der Waals surface area contributed by atoms with Gasteiger partial charge in [-0.1, -0.05) is 17.4 Å². The summed E-state index contributed by atoms with van der Waals surface area (Å²) >= 11 is 1.14. The fourth-order valence-corrected chi connectivity index (χ4v) is 3.63. The fraction of sp³-hybridized carbons (Fsp3) is 0.375. The molecule has 1 aromatic carbocycles. The number of amides is 2. The van der Waals surface area contributed by atoms with Gasteiger partial charge in [-0.25, -0.2) is 4.39 Å². The molecular formula is C16H17FN4O3S. The van der Waals surface area contributed by atoms with Crippen LogP contribution in [0.4, 0.5) is 10.1 Å². The second kappa shape index (κ2) is 7.66. The molecule has 9 heteroatoms. The number of aromatic nitrogens is 2. The Morgan fingerprint density at radius 1 is 1.44 bits per heavy atom. The summed E-state index contributed by atoms with van der Waals surface area (Å²) in [6.45, 7) is 0.652. The molecule has 1 unspecified atom stereocenters. The van der Waals surface area contributed by atoms with E-state index in [9.17, 15) is 14.0 Å². The molecule has 1 saturated heterocycles. The predicted octanol–water partition coefficient (Wildman–Crippen LogP) is 2.24. The van der Waals surface area contributed by atoms with E-state index in [1.165, 1.54) is 25.3 Å². The zero-order valence-corrected chi connectivity index (χ0v) is 14.4. The van der Waals surface area contributed by atoms with Gasteiger partial charge in [-0.2, -0.15) is 0 Å². The summed E-state index contributed by atoms with van der Waals surface area (Å²) in [6, 6.07) is 5.43. The van der Waals surface area contributed by atoms with Crippen molar-refractivity contribution in [1.29, 1.82) is 0 Å². The lowest BCUT2D eigenvalue weighted by Crippen LogP contribution is -2.33. The zero-order valence-electron chi connectivity index (χ0n) is 13.6. The largest absolute Gasteiger partial charge is 0.375 e. The molecule has 0 bridgehead atoms. The van der Waals surface area contributed by atoms with Crippen molar-refractivity contribution in [3.8, 4) is 0 Å². The minimum Gasteiger partial charge on any atom is -0.375 e. The number of likely N-dealkylation sites (tertiary alicyclic amines) is 1. The molecule has 1 aromatic heterocycles. The molecule has 0 aliphatic carbocycles. The quantitative estimate of drug-likeness (QED) is 0.880. The lowest BCUT2D eigenvalue weighted by atomic mass is 10.2. The van der Waals surface area contributed by atoms with Crippen LogP contribution in [0, 0.1) is 5.82 Å². The average Bonchev–Trinajstić information content (AvgIpc) is 3.24. The third kappa shape index (κ3) is 3.99. The smallest absolute Gasteiger partial charge is 0.286 e. The number of hydrogen-bond donors (Lipinski definition) is 1. The summed E-state index contributed by atoms with van der Waals surface area (Å²) in [6.07, 6.45) is 1.64. The Bertz CT molecular complexity index is 782. The summed E-state index contributed by atoms with van der Waals surface area (Å²) in [5.74, 6) is -0.998. The Morgan fingerprint density at radius 3 is 3.04 bits per heavy atom. The first-order valence-electron chi connectivity index (χ1n) is 7.77. The number of anilines is 1. The molecule has 0 radical (unpaired) electrons. The van der Waals surface area contributed by atoms with Gasteiger partial charge in [-0.15, -0.1) is 10.2 Å². The molecule has 3 rings (SSSR count). The van der Waals surface area contributed by atoms with Gasteiger partial charge in [0.1, 0.15) is 17.4 Å². The van der Waals surface area contributed by atoms with Gasteiger partial charge < -0.3 is 15.0 Å². The predicted molar refractivity (Wildman–Crippen MR) is 89.8 cm³/mol. The highest BCUT2D eigenvalue weighted by Gasteiger charge is 2.32. The van der Waals surface area contributed by atoms with Gasteiger partial charge in [0.15, 0.2) is 0 Å². The third-order valence-electron chi connectivity index (χ3n) is 3.84. The van der Waals surface area contributed by atoms with Crippen LogP contribution in [0.5, 0.6) is 0 Å². The number of methoxy groups -OCH3 is 1. The summed E-state index contributed by atoms with van der Waals surface area (Å²) in [5, 5.41) is 11.4. The molecule has 132 valence electrons. The van der Waals surface area contributed by atoms with Crippen molar-refractivity contribution >= 4 is 28.8 Å². The van der Waals surface area contributed by atoms with Crippen molar-refractivity contribution in [3.63, 3.8) is 0 Å². The molecular weight excluding hydrogens is 347 g/mol. The summed E-state index contributed by atoms with van der Waals surface area (Å²) < 4.78 is 18.1. The molecule has 2 heterocycles. The van der Waals surface area contributed by atoms with Gasteiger partial charge in [0.25, 0.3) is 5.91 Å². The molecule has 1 aliphatic heterocycles. The van der Waals surface area contributed by atoms with Crippen LogP contribution >= 0.6 is 11.3 Å². The number of carbonyl (C=O) groups is 2. The number of halogens is 1. The molecule has 1 aliphatic rings. The van der Waals surface area contributed by atoms with Crippen molar-refractivity contribution in [3.05, 3.63) is 40.1 Å². The second-order valence-corrected chi connectivity index (χ2v) is 6.60. The van der Waals surface area contributed by atoms with E-state index < -0.39 is 11.7 Å². The number of nitrogens with zero attached hydrogens (tertiary/aromatic N) is 3. The maximum absolute atomic E-state index is 13.2. The second-order valence-electron chi connectivity index (χ2n) is 5.59. The monoisotopic (exact) mass is 364 g/mol. The molecule has 2 amide bonds. The fourth-order valence-electron chi connectivity index (χ4n) is 2.74. The van der Waals surface area contributed by atoms with Crippen LogP contribution in [0.25, 0.3) is 0 Å². The summed E-state index contributed by atoms with van der Waals surface area (Å²) in [7, 11) is 1.47. The van der Waals surface area contributed by atoms with Crippen LogP contribution in [0.3, 0.4) is 0 Å². The highest BCUT2D eigenvalue weighted by Crippen LogP contribution is 2.33. The van der Waals surface area contributed by atoms with Crippen molar-refractivity contribution in [2.75, 3.05) is 25.6 Å². The Hall–Kier alpha value is -2.39. The standard InChI is InChI=1S/C16H17FN4O3S/c1-24-9-13(22)21-7-3-6-12(21)15-19-20-16(25-15)14(23)18-11-5-2-4-10(17)8-11/h2,4-5,8,12H,3,6-7,9H2,1H3,(H,18,23). The number of benzene rings is 1. The summed E-state index contributed by atoms with van der Waals surface area (Å²) in [5.41, 5.74) is 0.347. The van der Waals surface area contributed by atoms with E-state index in [0.29, 0.717) is 17.2 Å². The van der Waals surface area contributed by atoms with Crippen LogP contribution in [0.2, 0.25) is 0 Å². The van der Waals surface area contributed by atoms with Crippen LogP contribution < -0.4 is 5.32 Å². The Kier molecular flexibility index (Phi) is 5.34.